The fourth-order valence-corrected chi connectivity index (χ4v) is 1.99. The van der Waals surface area contributed by atoms with Crippen molar-refractivity contribution in [3.05, 3.63) is 29.8 Å². The molecule has 1 amide bonds. The first-order chi connectivity index (χ1) is 9.45. The highest BCUT2D eigenvalue weighted by molar-refractivity contribution is 5.92. The highest BCUT2D eigenvalue weighted by Gasteiger charge is 2.19. The molecule has 0 radical (unpaired) electrons. The van der Waals surface area contributed by atoms with Crippen LogP contribution in [0.15, 0.2) is 24.3 Å². The van der Waals surface area contributed by atoms with Crippen molar-refractivity contribution in [1.29, 1.82) is 0 Å². The molecule has 4 nitrogen and oxygen atoms in total. The van der Waals surface area contributed by atoms with Crippen LogP contribution in [0, 0.1) is 5.92 Å². The maximum atomic E-state index is 11.7. The Hall–Kier alpha value is -1.84. The molecule has 1 atom stereocenters. The van der Waals surface area contributed by atoms with Crippen LogP contribution in [0.1, 0.15) is 39.2 Å². The Morgan fingerprint density at radius 2 is 1.85 bits per heavy atom. The van der Waals surface area contributed by atoms with Gasteiger partial charge in [-0.2, -0.15) is 0 Å². The van der Waals surface area contributed by atoms with Crippen molar-refractivity contribution in [2.24, 2.45) is 5.92 Å². The second kappa shape index (κ2) is 7.68. The van der Waals surface area contributed by atoms with Crippen LogP contribution in [0.3, 0.4) is 0 Å². The second-order valence-electron chi connectivity index (χ2n) is 5.14. The minimum Gasteiger partial charge on any atom is -0.481 e. The van der Waals surface area contributed by atoms with Gasteiger partial charge in [-0.15, -0.1) is 0 Å². The largest absolute Gasteiger partial charge is 0.481 e. The number of rotatable bonds is 7. The molecule has 0 aliphatic heterocycles. The first-order valence-electron chi connectivity index (χ1n) is 7.05. The summed E-state index contributed by atoms with van der Waals surface area (Å²) in [4.78, 5) is 24.1. The first kappa shape index (κ1) is 16.2. The van der Waals surface area contributed by atoms with Gasteiger partial charge in [-0.1, -0.05) is 32.4 Å². The Morgan fingerprint density at radius 1 is 1.25 bits per heavy atom. The summed E-state index contributed by atoms with van der Waals surface area (Å²) in [6.07, 6.45) is 3.33. The van der Waals surface area contributed by atoms with Crippen molar-refractivity contribution in [3.8, 4) is 0 Å². The summed E-state index contributed by atoms with van der Waals surface area (Å²) in [5, 5.41) is 8.96. The molecule has 0 saturated heterocycles. The number of carboxylic acid groups (broad SMARTS) is 1. The average Bonchev–Trinajstić information content (AvgIpc) is 2.42. The molecule has 0 saturated carbocycles. The van der Waals surface area contributed by atoms with Gasteiger partial charge < -0.3 is 10.0 Å². The van der Waals surface area contributed by atoms with Gasteiger partial charge in [-0.3, -0.25) is 9.59 Å². The van der Waals surface area contributed by atoms with Crippen LogP contribution < -0.4 is 4.90 Å². The molecular formula is C16H23NO3. The third-order valence-corrected chi connectivity index (χ3v) is 3.33. The Balaban J connectivity index is 2.81. The number of amides is 1. The molecule has 1 aromatic rings. The molecule has 1 aromatic carbocycles. The number of hydrogen-bond donors (Lipinski definition) is 1. The van der Waals surface area contributed by atoms with E-state index in [-0.39, 0.29) is 12.5 Å². The quantitative estimate of drug-likeness (QED) is 0.833. The molecule has 0 bridgehead atoms. The van der Waals surface area contributed by atoms with Crippen molar-refractivity contribution in [2.45, 2.75) is 40.0 Å². The lowest BCUT2D eigenvalue weighted by Crippen LogP contribution is -2.35. The Kier molecular flexibility index (Phi) is 6.22. The minimum absolute atomic E-state index is 0.139. The number of nitrogens with zero attached hydrogens (tertiary/aromatic N) is 1. The number of benzene rings is 1. The minimum atomic E-state index is -0.893. The fourth-order valence-electron chi connectivity index (χ4n) is 1.99. The van der Waals surface area contributed by atoms with E-state index < -0.39 is 11.9 Å². The van der Waals surface area contributed by atoms with Crippen LogP contribution in [0.25, 0.3) is 0 Å². The van der Waals surface area contributed by atoms with Crippen molar-refractivity contribution >= 4 is 17.6 Å². The van der Waals surface area contributed by atoms with E-state index in [0.717, 1.165) is 24.9 Å². The highest BCUT2D eigenvalue weighted by atomic mass is 16.4. The van der Waals surface area contributed by atoms with E-state index in [0.29, 0.717) is 0 Å². The average molecular weight is 277 g/mol. The topological polar surface area (TPSA) is 57.6 Å². The molecular weight excluding hydrogens is 254 g/mol. The van der Waals surface area contributed by atoms with Gasteiger partial charge in [0.1, 0.15) is 0 Å². The standard InChI is InChI=1S/C16H23NO3/c1-4-5-6-14-7-9-15(10-8-14)17(13(3)18)11-12(2)16(19)20/h7-10,12H,4-6,11H2,1-3H3,(H,19,20). The fraction of sp³-hybridized carbons (Fsp3) is 0.500. The van der Waals surface area contributed by atoms with Gasteiger partial charge >= 0.3 is 5.97 Å². The van der Waals surface area contributed by atoms with Gasteiger partial charge in [-0.25, -0.2) is 0 Å². The van der Waals surface area contributed by atoms with Crippen molar-refractivity contribution < 1.29 is 14.7 Å². The summed E-state index contributed by atoms with van der Waals surface area (Å²) in [7, 11) is 0. The lowest BCUT2D eigenvalue weighted by atomic mass is 10.1. The van der Waals surface area contributed by atoms with Crippen LogP contribution in [0.5, 0.6) is 0 Å². The number of carboxylic acids is 1. The van der Waals surface area contributed by atoms with Crippen molar-refractivity contribution in [2.75, 3.05) is 11.4 Å². The Bertz CT molecular complexity index is 453. The van der Waals surface area contributed by atoms with E-state index in [1.807, 2.05) is 24.3 Å². The SMILES string of the molecule is CCCCc1ccc(N(CC(C)C(=O)O)C(C)=O)cc1. The number of carbonyl (C=O) groups excluding carboxylic acids is 1. The van der Waals surface area contributed by atoms with E-state index in [9.17, 15) is 9.59 Å². The van der Waals surface area contributed by atoms with E-state index in [1.165, 1.54) is 17.4 Å². The molecule has 0 heterocycles. The predicted molar refractivity (Wildman–Crippen MR) is 79.9 cm³/mol. The number of aryl methyl sites for hydroxylation is 1. The summed E-state index contributed by atoms with van der Waals surface area (Å²) < 4.78 is 0. The molecule has 20 heavy (non-hydrogen) atoms. The predicted octanol–water partition coefficient (Wildman–Crippen LogP) is 3.10. The lowest BCUT2D eigenvalue weighted by molar-refractivity contribution is -0.140. The highest BCUT2D eigenvalue weighted by Crippen LogP contribution is 2.18. The monoisotopic (exact) mass is 277 g/mol. The molecule has 1 unspecified atom stereocenters. The van der Waals surface area contributed by atoms with Gasteiger partial charge in [-0.05, 0) is 30.5 Å². The molecule has 110 valence electrons. The number of aliphatic carboxylic acids is 1. The molecule has 0 aliphatic carbocycles. The molecule has 4 heteroatoms. The maximum Gasteiger partial charge on any atom is 0.308 e. The lowest BCUT2D eigenvalue weighted by Gasteiger charge is -2.23. The Morgan fingerprint density at radius 3 is 2.30 bits per heavy atom. The van der Waals surface area contributed by atoms with Crippen molar-refractivity contribution in [1.82, 2.24) is 0 Å². The molecule has 0 fully saturated rings. The normalized spacial score (nSPS) is 11.9. The summed E-state index contributed by atoms with van der Waals surface area (Å²) in [6, 6.07) is 7.79. The molecule has 0 aromatic heterocycles. The third-order valence-electron chi connectivity index (χ3n) is 3.33. The first-order valence-corrected chi connectivity index (χ1v) is 7.05. The third kappa shape index (κ3) is 4.68. The van der Waals surface area contributed by atoms with Crippen LogP contribution >= 0.6 is 0 Å². The van der Waals surface area contributed by atoms with Crippen LogP contribution in [-0.2, 0) is 16.0 Å². The summed E-state index contributed by atoms with van der Waals surface area (Å²) in [5.74, 6) is -1.62. The zero-order valence-corrected chi connectivity index (χ0v) is 12.4. The van der Waals surface area contributed by atoms with Crippen LogP contribution in [0.4, 0.5) is 5.69 Å². The zero-order valence-electron chi connectivity index (χ0n) is 12.4. The van der Waals surface area contributed by atoms with Gasteiger partial charge in [0.2, 0.25) is 5.91 Å². The number of anilines is 1. The molecule has 1 N–H and O–H groups in total. The van der Waals surface area contributed by atoms with Gasteiger partial charge in [0.25, 0.3) is 0 Å². The number of carbonyl (C=O) groups is 2. The van der Waals surface area contributed by atoms with Crippen LogP contribution in [-0.4, -0.2) is 23.5 Å². The maximum absolute atomic E-state index is 11.7. The van der Waals surface area contributed by atoms with Gasteiger partial charge in [0.15, 0.2) is 0 Å². The van der Waals surface area contributed by atoms with Crippen LogP contribution in [0.2, 0.25) is 0 Å². The zero-order chi connectivity index (χ0) is 15.1. The molecule has 0 spiro atoms. The van der Waals surface area contributed by atoms with E-state index in [1.54, 1.807) is 6.92 Å². The molecule has 1 rings (SSSR count). The summed E-state index contributed by atoms with van der Waals surface area (Å²) >= 11 is 0. The van der Waals surface area contributed by atoms with Gasteiger partial charge in [0.05, 0.1) is 5.92 Å². The van der Waals surface area contributed by atoms with E-state index >= 15 is 0 Å². The van der Waals surface area contributed by atoms with E-state index in [4.69, 9.17) is 5.11 Å². The number of hydrogen-bond acceptors (Lipinski definition) is 2. The van der Waals surface area contributed by atoms with Gasteiger partial charge in [0, 0.05) is 19.2 Å². The van der Waals surface area contributed by atoms with Crippen molar-refractivity contribution in [3.63, 3.8) is 0 Å². The summed E-state index contributed by atoms with van der Waals surface area (Å²) in [5.41, 5.74) is 2.00. The second-order valence-corrected chi connectivity index (χ2v) is 5.14. The van der Waals surface area contributed by atoms with E-state index in [2.05, 4.69) is 6.92 Å². The summed E-state index contributed by atoms with van der Waals surface area (Å²) in [6.45, 7) is 5.41. The Labute approximate surface area is 120 Å². The smallest absolute Gasteiger partial charge is 0.308 e. The number of unbranched alkanes of at least 4 members (excludes halogenated alkanes) is 1. The molecule has 0 aliphatic rings.